The number of nitrogens with zero attached hydrogens (tertiary/aromatic N) is 3. The van der Waals surface area contributed by atoms with E-state index < -0.39 is 4.87 Å². The number of fused-ring (bicyclic) bond motifs is 2. The van der Waals surface area contributed by atoms with E-state index in [-0.39, 0.29) is 23.1 Å². The third-order valence-corrected chi connectivity index (χ3v) is 10.4. The normalized spacial score (nSPS) is 23.9. The van der Waals surface area contributed by atoms with Crippen LogP contribution in [0.25, 0.3) is 20.8 Å². The molecule has 3 aliphatic heterocycles. The van der Waals surface area contributed by atoms with Gasteiger partial charge in [0.2, 0.25) is 10.8 Å². The Kier molecular flexibility index (Phi) is 4.77. The Labute approximate surface area is 224 Å². The van der Waals surface area contributed by atoms with Gasteiger partial charge in [0.1, 0.15) is 5.01 Å². The van der Waals surface area contributed by atoms with Crippen LogP contribution in [0.3, 0.4) is 0 Å². The summed E-state index contributed by atoms with van der Waals surface area (Å²) in [5, 5.41) is 0.948. The third kappa shape index (κ3) is 3.07. The molecule has 4 aromatic rings. The highest BCUT2D eigenvalue weighted by atomic mass is 32.2. The van der Waals surface area contributed by atoms with Crippen molar-refractivity contribution in [2.75, 3.05) is 15.6 Å². The topological polar surface area (TPSA) is 53.5 Å². The minimum Gasteiger partial charge on any atom is -0.303 e. The van der Waals surface area contributed by atoms with Gasteiger partial charge in [-0.15, -0.1) is 23.1 Å². The second kappa shape index (κ2) is 7.68. The van der Waals surface area contributed by atoms with Crippen LogP contribution in [-0.2, 0) is 14.5 Å². The molecule has 0 saturated carbocycles. The molecule has 3 aliphatic rings. The van der Waals surface area contributed by atoms with Gasteiger partial charge in [0.05, 0.1) is 21.7 Å². The lowest BCUT2D eigenvalue weighted by Gasteiger charge is -2.44. The van der Waals surface area contributed by atoms with Gasteiger partial charge >= 0.3 is 0 Å². The fraction of sp³-hybridized carbons (Fsp3) is 0.300. The van der Waals surface area contributed by atoms with Gasteiger partial charge in [-0.2, -0.15) is 0 Å². The molecule has 0 aliphatic carbocycles. The lowest BCUT2D eigenvalue weighted by molar-refractivity contribution is -0.124. The van der Waals surface area contributed by atoms with Crippen molar-refractivity contribution in [3.05, 3.63) is 77.4 Å². The van der Waals surface area contributed by atoms with Crippen molar-refractivity contribution in [1.82, 2.24) is 4.98 Å². The molecule has 1 spiro atoms. The first-order valence-electron chi connectivity index (χ1n) is 12.6. The molecule has 0 unspecified atom stereocenters. The van der Waals surface area contributed by atoms with E-state index in [0.717, 1.165) is 44.1 Å². The maximum absolute atomic E-state index is 14.4. The Balaban J connectivity index is 1.34. The number of thioether (sulfide) groups is 1. The second-order valence-corrected chi connectivity index (χ2v) is 13.2. The van der Waals surface area contributed by atoms with Gasteiger partial charge in [0, 0.05) is 22.4 Å². The standard InChI is InChI=1S/C30H27N3O2S2/c1-17-8-13-23-24(14-17)37-27(31-23)19-9-11-20(12-10-19)32-25(34)16-36-30(32)22-7-5-6-21-18(2)15-29(3,4)33(26(21)22)28(30)35/h5-14,18H,15-16H2,1-4H3/t18-,30-/m0/s1. The summed E-state index contributed by atoms with van der Waals surface area (Å²) in [5.41, 5.74) is 6.78. The van der Waals surface area contributed by atoms with Gasteiger partial charge in [-0.05, 0) is 80.6 Å². The zero-order valence-electron chi connectivity index (χ0n) is 21.2. The molecule has 3 aromatic carbocycles. The average Bonchev–Trinajstić information content (AvgIpc) is 3.51. The number of thiazole rings is 1. The number of rotatable bonds is 2. The molecule has 4 heterocycles. The molecule has 0 radical (unpaired) electrons. The summed E-state index contributed by atoms with van der Waals surface area (Å²) >= 11 is 3.12. The summed E-state index contributed by atoms with van der Waals surface area (Å²) in [7, 11) is 0. The van der Waals surface area contributed by atoms with E-state index in [0.29, 0.717) is 5.92 Å². The molecule has 7 rings (SSSR count). The van der Waals surface area contributed by atoms with Crippen molar-refractivity contribution in [3.8, 4) is 10.6 Å². The lowest BCUT2D eigenvalue weighted by Crippen LogP contribution is -2.56. The number of amides is 2. The Morgan fingerprint density at radius 1 is 1.00 bits per heavy atom. The molecule has 7 heteroatoms. The van der Waals surface area contributed by atoms with E-state index >= 15 is 0 Å². The number of carbonyl (C=O) groups is 2. The van der Waals surface area contributed by atoms with E-state index in [9.17, 15) is 9.59 Å². The van der Waals surface area contributed by atoms with Crippen LogP contribution in [0.15, 0.2) is 60.7 Å². The van der Waals surface area contributed by atoms with E-state index in [4.69, 9.17) is 4.98 Å². The van der Waals surface area contributed by atoms with Crippen molar-refractivity contribution in [3.63, 3.8) is 0 Å². The van der Waals surface area contributed by atoms with Crippen molar-refractivity contribution < 1.29 is 9.59 Å². The Hall–Kier alpha value is -3.16. The zero-order valence-corrected chi connectivity index (χ0v) is 22.9. The summed E-state index contributed by atoms with van der Waals surface area (Å²) < 4.78 is 1.16. The Bertz CT molecular complexity index is 1620. The first kappa shape index (κ1) is 23.0. The average molecular weight is 526 g/mol. The fourth-order valence-corrected chi connectivity index (χ4v) is 8.84. The predicted molar refractivity (Wildman–Crippen MR) is 152 cm³/mol. The molecule has 186 valence electrons. The Morgan fingerprint density at radius 2 is 1.78 bits per heavy atom. The molecule has 1 saturated heterocycles. The lowest BCUT2D eigenvalue weighted by atomic mass is 9.80. The summed E-state index contributed by atoms with van der Waals surface area (Å²) in [6.45, 7) is 8.60. The second-order valence-electron chi connectivity index (χ2n) is 11.0. The van der Waals surface area contributed by atoms with Crippen LogP contribution in [0.1, 0.15) is 49.8 Å². The highest BCUT2D eigenvalue weighted by molar-refractivity contribution is 8.02. The number of anilines is 2. The number of para-hydroxylation sites is 1. The van der Waals surface area contributed by atoms with E-state index in [2.05, 4.69) is 52.0 Å². The van der Waals surface area contributed by atoms with Crippen LogP contribution in [-0.4, -0.2) is 28.1 Å². The molecular formula is C30H27N3O2S2. The largest absolute Gasteiger partial charge is 0.303 e. The van der Waals surface area contributed by atoms with E-state index in [1.54, 1.807) is 16.2 Å². The van der Waals surface area contributed by atoms with Crippen LogP contribution in [0.2, 0.25) is 0 Å². The smallest absolute Gasteiger partial charge is 0.269 e. The van der Waals surface area contributed by atoms with Gasteiger partial charge in [-0.25, -0.2) is 4.98 Å². The molecule has 2 amide bonds. The molecule has 1 aromatic heterocycles. The van der Waals surface area contributed by atoms with Gasteiger partial charge < -0.3 is 4.90 Å². The first-order valence-corrected chi connectivity index (χ1v) is 14.4. The molecule has 0 bridgehead atoms. The summed E-state index contributed by atoms with van der Waals surface area (Å²) in [5.74, 6) is 0.577. The van der Waals surface area contributed by atoms with E-state index in [1.807, 2.05) is 41.3 Å². The summed E-state index contributed by atoms with van der Waals surface area (Å²) in [4.78, 5) is 35.3. The highest BCUT2D eigenvalue weighted by Crippen LogP contribution is 2.61. The SMILES string of the molecule is Cc1ccc2nc(-c3ccc(N4C(=O)CS[C@@]45C(=O)N4c6c(cccc65)[C@@H](C)CC4(C)C)cc3)sc2c1. The van der Waals surface area contributed by atoms with Gasteiger partial charge in [0.15, 0.2) is 0 Å². The van der Waals surface area contributed by atoms with Crippen LogP contribution >= 0.6 is 23.1 Å². The van der Waals surface area contributed by atoms with Crippen molar-refractivity contribution in [2.45, 2.75) is 50.4 Å². The highest BCUT2D eigenvalue weighted by Gasteiger charge is 2.64. The van der Waals surface area contributed by atoms with Gasteiger partial charge in [-0.1, -0.05) is 31.2 Å². The minimum absolute atomic E-state index is 0.00619. The van der Waals surface area contributed by atoms with Gasteiger partial charge in [-0.3, -0.25) is 14.5 Å². The third-order valence-electron chi connectivity index (χ3n) is 7.98. The van der Waals surface area contributed by atoms with Crippen LogP contribution in [0.4, 0.5) is 11.4 Å². The monoisotopic (exact) mass is 525 g/mol. The summed E-state index contributed by atoms with van der Waals surface area (Å²) in [6.07, 6.45) is 0.889. The van der Waals surface area contributed by atoms with Crippen LogP contribution in [0, 0.1) is 6.92 Å². The molecule has 2 atom stereocenters. The number of aryl methyl sites for hydroxylation is 1. The molecule has 1 fully saturated rings. The quantitative estimate of drug-likeness (QED) is 0.288. The Morgan fingerprint density at radius 3 is 2.57 bits per heavy atom. The molecule has 37 heavy (non-hydrogen) atoms. The molecule has 5 nitrogen and oxygen atoms in total. The van der Waals surface area contributed by atoms with Crippen LogP contribution in [0.5, 0.6) is 0 Å². The predicted octanol–water partition coefficient (Wildman–Crippen LogP) is 6.84. The minimum atomic E-state index is -1.07. The number of hydrogen-bond acceptors (Lipinski definition) is 5. The van der Waals surface area contributed by atoms with Crippen molar-refractivity contribution in [2.24, 2.45) is 0 Å². The number of carbonyl (C=O) groups excluding carboxylic acids is 2. The summed E-state index contributed by atoms with van der Waals surface area (Å²) in [6, 6.07) is 20.5. The maximum atomic E-state index is 14.4. The van der Waals surface area contributed by atoms with E-state index in [1.165, 1.54) is 22.9 Å². The van der Waals surface area contributed by atoms with Crippen molar-refractivity contribution in [1.29, 1.82) is 0 Å². The van der Waals surface area contributed by atoms with Gasteiger partial charge in [0.25, 0.3) is 5.91 Å². The zero-order chi connectivity index (χ0) is 25.7. The maximum Gasteiger partial charge on any atom is 0.269 e. The number of benzene rings is 3. The number of hydrogen-bond donors (Lipinski definition) is 0. The molecular weight excluding hydrogens is 498 g/mol. The number of aromatic nitrogens is 1. The first-order chi connectivity index (χ1) is 17.7. The molecule has 0 N–H and O–H groups in total. The fourth-order valence-electron chi connectivity index (χ4n) is 6.44. The van der Waals surface area contributed by atoms with Crippen LogP contribution < -0.4 is 9.80 Å². The van der Waals surface area contributed by atoms with Crippen molar-refractivity contribution >= 4 is 56.5 Å².